The van der Waals surface area contributed by atoms with E-state index < -0.39 is 171 Å². The van der Waals surface area contributed by atoms with Crippen molar-refractivity contribution in [2.75, 3.05) is 40.6 Å². The number of carbonyl (C=O) groups is 1. The van der Waals surface area contributed by atoms with Crippen LogP contribution in [-0.2, 0) is 56.9 Å². The Morgan fingerprint density at radius 2 is 1.18 bits per heavy atom. The molecule has 0 aromatic heterocycles. The fourth-order valence-electron chi connectivity index (χ4n) is 18.1. The van der Waals surface area contributed by atoms with Crippen molar-refractivity contribution in [3.8, 4) is 0 Å². The normalized spacial score (nSPS) is 55.9. The molecule has 23 nitrogen and oxygen atoms in total. The summed E-state index contributed by atoms with van der Waals surface area (Å²) in [5, 5.41) is 119. The molecule has 11 N–H and O–H groups in total. The van der Waals surface area contributed by atoms with Gasteiger partial charge in [0.25, 0.3) is 0 Å². The van der Waals surface area contributed by atoms with Crippen molar-refractivity contribution >= 4 is 5.78 Å². The SMILES string of the molecule is COC(OC)[C@@]1(C)CC[C@]23CO[C@@]4(CC[C@@H]5[C@@]6(C)CC[C@H](O[C@@H]7OC[C@H](O[C@@H]8O[C@H](CO)[C@@H](O)[C@H](O)[C@H]8O[C@@H]8O[C@@H](C)[C@H](O)[C@@H](O)[C@H]8O)[C@H](O)[C@H]7O[C@@H]7O[C@H](CO)[C@@H](O)[C@H](O)[C@H]7O)C(C)(C)[C@@H]6CC[C@@]5(C)[C@]4(C)CC2=O)[C@@H]3C1. The van der Waals surface area contributed by atoms with Crippen molar-refractivity contribution in [2.45, 2.75) is 247 Å². The number of Topliss-reactive ketones (excluding diaryl/α,β-unsaturated/α-hetero) is 1. The van der Waals surface area contributed by atoms with Crippen LogP contribution >= 0.6 is 0 Å². The lowest BCUT2D eigenvalue weighted by Crippen LogP contribution is -2.73. The number of ketones is 1. The second kappa shape index (κ2) is 21.4. The molecular formula is C55H90O23. The van der Waals surface area contributed by atoms with Crippen LogP contribution in [0.15, 0.2) is 0 Å². The van der Waals surface area contributed by atoms with Crippen LogP contribution in [0.4, 0.5) is 0 Å². The molecule has 29 atom stereocenters. The van der Waals surface area contributed by atoms with Crippen LogP contribution in [-0.4, -0.2) is 237 Å². The fourth-order valence-corrected chi connectivity index (χ4v) is 18.1. The number of fused-ring (bicyclic) bond motifs is 4. The standard InChI is InChI=1S/C55H90O23/c1-24-33(59)37(63)40(66)44(72-24)78-43-39(65)35(61)26(21-57)74-47(43)75-27-22-70-46(42(36(27)62)77-45-41(67)38(64)34(60)25(20-56)73-45)76-32-12-13-51(5)28(49(32,2)3)10-14-52(6)29(51)11-15-55-30-18-50(4,48(68-8)69-9)16-17-54(30,23-71-55)31(58)19-53(52,55)7/h24-30,32-48,56-57,59-67H,10-23H2,1-9H3/t24-,25+,26+,27-,28-,29+,30+,32-,33-,34+,35+,36-,37+,38-,39-,40+,41+,42+,43+,44-,45-,46-,47-,50-,51-,52+,53-,54+,55-/m0/s1. The summed E-state index contributed by atoms with van der Waals surface area (Å²) in [7, 11) is 3.37. The Balaban J connectivity index is 0.902. The van der Waals surface area contributed by atoms with Crippen molar-refractivity contribution in [3.05, 3.63) is 0 Å². The lowest BCUT2D eigenvalue weighted by atomic mass is 9.30. The van der Waals surface area contributed by atoms with Gasteiger partial charge in [0, 0.05) is 37.4 Å². The predicted octanol–water partition coefficient (Wildman–Crippen LogP) is -0.877. The maximum absolute atomic E-state index is 14.9. The molecule has 5 saturated carbocycles. The zero-order valence-electron chi connectivity index (χ0n) is 46.6. The second-order valence-corrected chi connectivity index (χ2v) is 26.7. The summed E-state index contributed by atoms with van der Waals surface area (Å²) in [6.45, 7) is 13.7. The number of methoxy groups -OCH3 is 2. The van der Waals surface area contributed by atoms with Crippen molar-refractivity contribution < 1.29 is 113 Å². The largest absolute Gasteiger partial charge is 0.394 e. The Labute approximate surface area is 456 Å². The number of hydrogen-bond donors (Lipinski definition) is 11. The van der Waals surface area contributed by atoms with Gasteiger partial charge in [-0.3, -0.25) is 4.79 Å². The van der Waals surface area contributed by atoms with E-state index in [1.165, 1.54) is 6.92 Å². The van der Waals surface area contributed by atoms with Gasteiger partial charge in [-0.25, -0.2) is 0 Å². The molecule has 10 rings (SSSR count). The summed E-state index contributed by atoms with van der Waals surface area (Å²) in [6.07, 6.45) is -24.5. The van der Waals surface area contributed by atoms with Gasteiger partial charge in [-0.05, 0) is 92.8 Å². The van der Waals surface area contributed by atoms with E-state index in [4.69, 9.17) is 52.1 Å². The second-order valence-electron chi connectivity index (χ2n) is 26.7. The van der Waals surface area contributed by atoms with Crippen LogP contribution in [0.25, 0.3) is 0 Å². The third kappa shape index (κ3) is 8.91. The summed E-state index contributed by atoms with van der Waals surface area (Å²) >= 11 is 0. The number of aliphatic hydroxyl groups is 11. The number of rotatable bonds is 13. The molecule has 0 radical (unpaired) electrons. The molecule has 0 unspecified atom stereocenters. The average Bonchev–Trinajstić information content (AvgIpc) is 3.26. The molecule has 5 heterocycles. The number of aliphatic hydroxyl groups excluding tert-OH is 11. The zero-order valence-corrected chi connectivity index (χ0v) is 46.6. The summed E-state index contributed by atoms with van der Waals surface area (Å²) < 4.78 is 68.3. The summed E-state index contributed by atoms with van der Waals surface area (Å²) in [5.74, 6) is 0.689. The van der Waals surface area contributed by atoms with Crippen LogP contribution in [0.2, 0.25) is 0 Å². The first-order valence-electron chi connectivity index (χ1n) is 28.4. The monoisotopic (exact) mass is 1120 g/mol. The first kappa shape index (κ1) is 59.9. The Morgan fingerprint density at radius 3 is 1.82 bits per heavy atom. The molecule has 1 spiro atoms. The lowest BCUT2D eigenvalue weighted by Gasteiger charge is -2.74. The molecule has 10 aliphatic rings. The first-order chi connectivity index (χ1) is 36.7. The Bertz CT molecular complexity index is 2140. The van der Waals surface area contributed by atoms with E-state index in [0.717, 1.165) is 51.4 Å². The van der Waals surface area contributed by atoms with Gasteiger partial charge < -0.3 is 108 Å². The maximum atomic E-state index is 14.9. The van der Waals surface area contributed by atoms with E-state index in [2.05, 4.69) is 41.5 Å². The Kier molecular flexibility index (Phi) is 16.4. The number of hydrogen-bond acceptors (Lipinski definition) is 23. The van der Waals surface area contributed by atoms with Crippen LogP contribution in [0.3, 0.4) is 0 Å². The quantitative estimate of drug-likeness (QED) is 0.0788. The van der Waals surface area contributed by atoms with Crippen molar-refractivity contribution in [1.82, 2.24) is 0 Å². The van der Waals surface area contributed by atoms with Crippen LogP contribution in [0, 0.1) is 50.2 Å². The number of carbonyl (C=O) groups excluding carboxylic acids is 1. The van der Waals surface area contributed by atoms with Gasteiger partial charge in [-0.2, -0.15) is 0 Å². The lowest BCUT2D eigenvalue weighted by molar-refractivity contribution is -0.394. The highest BCUT2D eigenvalue weighted by molar-refractivity contribution is 5.88. The Hall–Kier alpha value is -1.21. The van der Waals surface area contributed by atoms with E-state index in [1.807, 2.05) is 0 Å². The van der Waals surface area contributed by atoms with Gasteiger partial charge in [0.1, 0.15) is 91.2 Å². The highest BCUT2D eigenvalue weighted by atomic mass is 16.8. The first-order valence-corrected chi connectivity index (χ1v) is 28.4. The fraction of sp³-hybridized carbons (Fsp3) is 0.982. The van der Waals surface area contributed by atoms with Crippen molar-refractivity contribution in [3.63, 3.8) is 0 Å². The van der Waals surface area contributed by atoms with E-state index >= 15 is 0 Å². The molecule has 448 valence electrons. The Morgan fingerprint density at radius 1 is 0.590 bits per heavy atom. The predicted molar refractivity (Wildman–Crippen MR) is 266 cm³/mol. The topological polar surface area (TPSA) is 341 Å². The molecule has 10 fully saturated rings. The van der Waals surface area contributed by atoms with E-state index in [9.17, 15) is 61.0 Å². The van der Waals surface area contributed by atoms with E-state index in [-0.39, 0.29) is 34.0 Å². The zero-order chi connectivity index (χ0) is 56.6. The van der Waals surface area contributed by atoms with Gasteiger partial charge in [0.05, 0.1) is 49.7 Å². The van der Waals surface area contributed by atoms with Gasteiger partial charge in [0.15, 0.2) is 31.5 Å². The number of ether oxygens (including phenoxy) is 11. The third-order valence-electron chi connectivity index (χ3n) is 22.8. The summed E-state index contributed by atoms with van der Waals surface area (Å²) in [6, 6.07) is 0. The molecule has 0 aromatic rings. The third-order valence-corrected chi connectivity index (χ3v) is 22.8. The van der Waals surface area contributed by atoms with Gasteiger partial charge >= 0.3 is 0 Å². The van der Waals surface area contributed by atoms with E-state index in [1.54, 1.807) is 14.2 Å². The maximum Gasteiger partial charge on any atom is 0.187 e. The van der Waals surface area contributed by atoms with E-state index in [0.29, 0.717) is 25.2 Å². The molecule has 0 aromatic carbocycles. The summed E-state index contributed by atoms with van der Waals surface area (Å²) in [4.78, 5) is 14.9. The van der Waals surface area contributed by atoms with Crippen molar-refractivity contribution in [1.29, 1.82) is 0 Å². The van der Waals surface area contributed by atoms with Crippen LogP contribution < -0.4 is 0 Å². The molecule has 5 aliphatic heterocycles. The van der Waals surface area contributed by atoms with Crippen LogP contribution in [0.5, 0.6) is 0 Å². The van der Waals surface area contributed by atoms with Crippen molar-refractivity contribution in [2.24, 2.45) is 50.2 Å². The minimum Gasteiger partial charge on any atom is -0.394 e. The average molecular weight is 1120 g/mol. The highest BCUT2D eigenvalue weighted by Crippen LogP contribution is 2.80. The molecule has 0 amide bonds. The van der Waals surface area contributed by atoms with Gasteiger partial charge in [-0.15, -0.1) is 0 Å². The summed E-state index contributed by atoms with van der Waals surface area (Å²) in [5.41, 5.74) is -2.76. The minimum atomic E-state index is -1.89. The molecule has 23 heteroatoms. The molecule has 5 saturated heterocycles. The molecule has 2 bridgehead atoms. The molecule has 78 heavy (non-hydrogen) atoms. The van der Waals surface area contributed by atoms with Gasteiger partial charge in [-0.1, -0.05) is 41.5 Å². The minimum absolute atomic E-state index is 0.0301. The van der Waals surface area contributed by atoms with Gasteiger partial charge in [0.2, 0.25) is 0 Å². The molecule has 5 aliphatic carbocycles. The highest BCUT2D eigenvalue weighted by Gasteiger charge is 2.80. The smallest absolute Gasteiger partial charge is 0.187 e. The molecular weight excluding hydrogens is 1030 g/mol. The van der Waals surface area contributed by atoms with Crippen LogP contribution in [0.1, 0.15) is 113 Å².